The average Bonchev–Trinajstić information content (AvgIpc) is 2.84. The maximum absolute atomic E-state index is 11.3. The fourth-order valence-electron chi connectivity index (χ4n) is 2.99. The van der Waals surface area contributed by atoms with E-state index >= 15 is 0 Å². The quantitative estimate of drug-likeness (QED) is 0.800. The summed E-state index contributed by atoms with van der Waals surface area (Å²) in [7, 11) is 0. The molecule has 1 aromatic carbocycles. The minimum Gasteiger partial charge on any atom is -0.461 e. The minimum absolute atomic E-state index is 0.00575. The number of piperidine rings is 1. The van der Waals surface area contributed by atoms with Gasteiger partial charge in [0.2, 0.25) is 0 Å². The molecule has 1 fully saturated rings. The molecule has 2 aliphatic heterocycles. The molecule has 106 valence electrons. The predicted molar refractivity (Wildman–Crippen MR) is 80.5 cm³/mol. The normalized spacial score (nSPS) is 25.9. The van der Waals surface area contributed by atoms with E-state index in [2.05, 4.69) is 35.2 Å². The Bertz CT molecular complexity index is 514. The predicted octanol–water partition coefficient (Wildman–Crippen LogP) is 3.07. The van der Waals surface area contributed by atoms with Crippen LogP contribution in [0.5, 0.6) is 0 Å². The summed E-state index contributed by atoms with van der Waals surface area (Å²) >= 11 is 1.80. The number of esters is 1. The van der Waals surface area contributed by atoms with Gasteiger partial charge in [0.15, 0.2) is 0 Å². The van der Waals surface area contributed by atoms with Gasteiger partial charge in [-0.2, -0.15) is 0 Å². The highest BCUT2D eigenvalue weighted by molar-refractivity contribution is 8.03. The van der Waals surface area contributed by atoms with Gasteiger partial charge in [0.1, 0.15) is 6.10 Å². The van der Waals surface area contributed by atoms with Crippen LogP contribution in [-0.2, 0) is 9.53 Å². The van der Waals surface area contributed by atoms with E-state index in [4.69, 9.17) is 4.74 Å². The third-order valence-corrected chi connectivity index (χ3v) is 4.95. The third kappa shape index (κ3) is 2.91. The van der Waals surface area contributed by atoms with Crippen molar-refractivity contribution in [1.29, 1.82) is 0 Å². The Morgan fingerprint density at radius 2 is 2.15 bits per heavy atom. The van der Waals surface area contributed by atoms with Crippen molar-refractivity contribution in [3.63, 3.8) is 0 Å². The summed E-state index contributed by atoms with van der Waals surface area (Å²) in [5, 5.41) is 0. The van der Waals surface area contributed by atoms with Crippen molar-refractivity contribution < 1.29 is 9.53 Å². The van der Waals surface area contributed by atoms with Crippen molar-refractivity contribution in [3.8, 4) is 0 Å². The van der Waals surface area contributed by atoms with Crippen LogP contribution in [0.1, 0.15) is 19.8 Å². The van der Waals surface area contributed by atoms with Crippen molar-refractivity contribution in [3.05, 3.63) is 41.3 Å². The van der Waals surface area contributed by atoms with Gasteiger partial charge < -0.3 is 4.74 Å². The first kappa shape index (κ1) is 13.7. The van der Waals surface area contributed by atoms with E-state index in [1.807, 2.05) is 6.07 Å². The van der Waals surface area contributed by atoms with Gasteiger partial charge in [0.05, 0.1) is 6.04 Å². The van der Waals surface area contributed by atoms with Crippen LogP contribution in [-0.4, -0.2) is 36.1 Å². The maximum Gasteiger partial charge on any atom is 0.302 e. The molecule has 20 heavy (non-hydrogen) atoms. The summed E-state index contributed by atoms with van der Waals surface area (Å²) in [6.45, 7) is 3.57. The van der Waals surface area contributed by atoms with Crippen LogP contribution < -0.4 is 0 Å². The van der Waals surface area contributed by atoms with E-state index in [1.54, 1.807) is 11.8 Å². The lowest BCUT2D eigenvalue weighted by molar-refractivity contribution is -0.150. The van der Waals surface area contributed by atoms with Gasteiger partial charge in [-0.15, -0.1) is 0 Å². The zero-order valence-electron chi connectivity index (χ0n) is 11.6. The van der Waals surface area contributed by atoms with Crippen LogP contribution in [0.2, 0.25) is 0 Å². The second-order valence-corrected chi connectivity index (χ2v) is 6.40. The van der Waals surface area contributed by atoms with Crippen LogP contribution in [0.25, 0.3) is 0 Å². The number of nitrogens with zero attached hydrogens (tertiary/aromatic N) is 1. The maximum atomic E-state index is 11.3. The highest BCUT2D eigenvalue weighted by Gasteiger charge is 2.39. The summed E-state index contributed by atoms with van der Waals surface area (Å²) < 4.78 is 5.54. The Morgan fingerprint density at radius 1 is 1.35 bits per heavy atom. The number of hydrogen-bond acceptors (Lipinski definition) is 4. The van der Waals surface area contributed by atoms with Gasteiger partial charge in [-0.1, -0.05) is 36.0 Å². The van der Waals surface area contributed by atoms with E-state index in [-0.39, 0.29) is 18.1 Å². The van der Waals surface area contributed by atoms with Crippen LogP contribution in [0.3, 0.4) is 0 Å². The highest BCUT2D eigenvalue weighted by atomic mass is 32.2. The number of benzene rings is 1. The van der Waals surface area contributed by atoms with Gasteiger partial charge in [0.25, 0.3) is 0 Å². The first-order valence-electron chi connectivity index (χ1n) is 7.08. The highest BCUT2D eigenvalue weighted by Crippen LogP contribution is 2.39. The van der Waals surface area contributed by atoms with Gasteiger partial charge in [-0.25, -0.2) is 0 Å². The molecule has 0 aliphatic carbocycles. The van der Waals surface area contributed by atoms with Crippen LogP contribution in [0.4, 0.5) is 0 Å². The molecule has 0 radical (unpaired) electrons. The standard InChI is InChI=1S/C16H19NO2S/c1-12(18)19-14-8-5-10-17-11-9-15(16(14)17)20-13-6-3-2-4-7-13/h2-4,6-7,9,14,16H,5,8,10-11H2,1H3/t14-,16-/m0/s1. The number of hydrogen-bond donors (Lipinski definition) is 0. The molecule has 0 spiro atoms. The molecule has 0 bridgehead atoms. The van der Waals surface area contributed by atoms with Crippen molar-refractivity contribution in [2.45, 2.75) is 36.8 Å². The largest absolute Gasteiger partial charge is 0.461 e. The number of carbonyl (C=O) groups excluding carboxylic acids is 1. The smallest absolute Gasteiger partial charge is 0.302 e. The molecule has 0 amide bonds. The third-order valence-electron chi connectivity index (χ3n) is 3.79. The van der Waals surface area contributed by atoms with Crippen LogP contribution in [0.15, 0.2) is 46.2 Å². The average molecular weight is 289 g/mol. The minimum atomic E-state index is -0.173. The molecular weight excluding hydrogens is 270 g/mol. The zero-order chi connectivity index (χ0) is 13.9. The monoisotopic (exact) mass is 289 g/mol. The lowest BCUT2D eigenvalue weighted by Gasteiger charge is -2.37. The van der Waals surface area contributed by atoms with Crippen molar-refractivity contribution in [2.75, 3.05) is 13.1 Å². The van der Waals surface area contributed by atoms with Crippen LogP contribution in [0, 0.1) is 0 Å². The molecule has 2 heterocycles. The number of rotatable bonds is 3. The van der Waals surface area contributed by atoms with Gasteiger partial charge in [0, 0.05) is 23.3 Å². The van der Waals surface area contributed by atoms with Crippen molar-refractivity contribution in [2.24, 2.45) is 0 Å². The molecule has 1 saturated heterocycles. The van der Waals surface area contributed by atoms with Crippen molar-refractivity contribution >= 4 is 17.7 Å². The summed E-state index contributed by atoms with van der Waals surface area (Å²) in [6.07, 6.45) is 4.36. The molecule has 4 heteroatoms. The van der Waals surface area contributed by atoms with E-state index in [0.29, 0.717) is 0 Å². The van der Waals surface area contributed by atoms with Gasteiger partial charge >= 0.3 is 5.97 Å². The van der Waals surface area contributed by atoms with E-state index in [1.165, 1.54) is 16.7 Å². The van der Waals surface area contributed by atoms with Gasteiger partial charge in [-0.3, -0.25) is 9.69 Å². The molecule has 2 atom stereocenters. The molecule has 3 nitrogen and oxygen atoms in total. The molecule has 3 rings (SSSR count). The second-order valence-electron chi connectivity index (χ2n) is 5.25. The Hall–Kier alpha value is -1.26. The van der Waals surface area contributed by atoms with E-state index in [0.717, 1.165) is 25.9 Å². The first-order chi connectivity index (χ1) is 9.74. The number of carbonyl (C=O) groups is 1. The molecular formula is C16H19NO2S. The summed E-state index contributed by atoms with van der Waals surface area (Å²) in [4.78, 5) is 16.3. The molecule has 0 N–H and O–H groups in total. The topological polar surface area (TPSA) is 29.5 Å². The fraction of sp³-hybridized carbons (Fsp3) is 0.438. The first-order valence-corrected chi connectivity index (χ1v) is 7.90. The Labute approximate surface area is 124 Å². The number of ether oxygens (including phenoxy) is 1. The summed E-state index contributed by atoms with van der Waals surface area (Å²) in [5.41, 5.74) is 0. The Balaban J connectivity index is 1.76. The van der Waals surface area contributed by atoms with E-state index in [9.17, 15) is 4.79 Å². The number of fused-ring (bicyclic) bond motifs is 1. The number of thioether (sulfide) groups is 1. The zero-order valence-corrected chi connectivity index (χ0v) is 12.4. The van der Waals surface area contributed by atoms with E-state index < -0.39 is 0 Å². The molecule has 0 aromatic heterocycles. The lowest BCUT2D eigenvalue weighted by Crippen LogP contribution is -2.47. The summed E-state index contributed by atoms with van der Waals surface area (Å²) in [5.74, 6) is -0.173. The molecule has 0 unspecified atom stereocenters. The molecule has 1 aromatic rings. The van der Waals surface area contributed by atoms with Gasteiger partial charge in [-0.05, 0) is 31.5 Å². The summed E-state index contributed by atoms with van der Waals surface area (Å²) in [6, 6.07) is 10.6. The van der Waals surface area contributed by atoms with Crippen LogP contribution >= 0.6 is 11.8 Å². The second kappa shape index (κ2) is 6.02. The Kier molecular flexibility index (Phi) is 4.13. The molecule has 2 aliphatic rings. The lowest BCUT2D eigenvalue weighted by atomic mass is 10.0. The SMILES string of the molecule is CC(=O)O[C@H]1CCCN2CC=C(Sc3ccccc3)[C@H]12. The Morgan fingerprint density at radius 3 is 2.90 bits per heavy atom. The molecule has 0 saturated carbocycles. The van der Waals surface area contributed by atoms with Crippen molar-refractivity contribution in [1.82, 2.24) is 4.90 Å². The fourth-order valence-corrected chi connectivity index (χ4v) is 4.13.